The summed E-state index contributed by atoms with van der Waals surface area (Å²) in [5.41, 5.74) is 1.52. The highest BCUT2D eigenvalue weighted by molar-refractivity contribution is 7.17. The summed E-state index contributed by atoms with van der Waals surface area (Å²) in [6, 6.07) is 0.0271. The zero-order chi connectivity index (χ0) is 14.8. The van der Waals surface area contributed by atoms with Crippen LogP contribution in [0, 0.1) is 0 Å². The van der Waals surface area contributed by atoms with Gasteiger partial charge in [0.15, 0.2) is 0 Å². The van der Waals surface area contributed by atoms with Gasteiger partial charge in [0.25, 0.3) is 0 Å². The Bertz CT molecular complexity index is 566. The van der Waals surface area contributed by atoms with Crippen LogP contribution in [0.1, 0.15) is 40.1 Å². The highest BCUT2D eigenvalue weighted by Gasteiger charge is 2.27. The maximum Gasteiger partial charge on any atom is 0.341 e. The summed E-state index contributed by atoms with van der Waals surface area (Å²) >= 11 is 1.45. The van der Waals surface area contributed by atoms with Crippen LogP contribution < -0.4 is 16.0 Å². The SMILES string of the molecule is COC(=O)c1c(NC(=O)NC2CCC2)sc2c1CCNC2. The van der Waals surface area contributed by atoms with E-state index in [2.05, 4.69) is 16.0 Å². The van der Waals surface area contributed by atoms with E-state index < -0.39 is 0 Å². The fourth-order valence-corrected chi connectivity index (χ4v) is 3.82. The molecule has 0 saturated heterocycles. The van der Waals surface area contributed by atoms with Crippen molar-refractivity contribution in [1.82, 2.24) is 10.6 Å². The quantitative estimate of drug-likeness (QED) is 0.745. The van der Waals surface area contributed by atoms with Crippen molar-refractivity contribution < 1.29 is 14.3 Å². The number of carbonyl (C=O) groups is 2. The molecule has 1 aromatic heterocycles. The van der Waals surface area contributed by atoms with Crippen LogP contribution in [-0.2, 0) is 17.7 Å². The third-order valence-corrected chi connectivity index (χ3v) is 5.13. The molecule has 2 heterocycles. The molecule has 6 nitrogen and oxygen atoms in total. The molecule has 0 aromatic carbocycles. The molecule has 1 saturated carbocycles. The van der Waals surface area contributed by atoms with Crippen LogP contribution in [0.15, 0.2) is 0 Å². The Morgan fingerprint density at radius 1 is 1.38 bits per heavy atom. The topological polar surface area (TPSA) is 79.5 Å². The van der Waals surface area contributed by atoms with Gasteiger partial charge in [0.2, 0.25) is 0 Å². The highest BCUT2D eigenvalue weighted by atomic mass is 32.1. The third-order valence-electron chi connectivity index (χ3n) is 3.98. The summed E-state index contributed by atoms with van der Waals surface area (Å²) in [6.07, 6.45) is 4.00. The maximum absolute atomic E-state index is 12.0. The monoisotopic (exact) mass is 309 g/mol. The van der Waals surface area contributed by atoms with E-state index in [-0.39, 0.29) is 18.0 Å². The molecule has 1 aliphatic heterocycles. The number of anilines is 1. The zero-order valence-electron chi connectivity index (χ0n) is 12.0. The number of hydrogen-bond donors (Lipinski definition) is 3. The standard InChI is InChI=1S/C14H19N3O3S/c1-20-13(18)11-9-5-6-15-7-10(9)21-12(11)17-14(19)16-8-3-2-4-8/h8,15H,2-7H2,1H3,(H2,16,17,19). The molecule has 1 fully saturated rings. The van der Waals surface area contributed by atoms with E-state index in [0.717, 1.165) is 49.2 Å². The summed E-state index contributed by atoms with van der Waals surface area (Å²) in [4.78, 5) is 25.1. The lowest BCUT2D eigenvalue weighted by molar-refractivity contribution is 0.0601. The first-order valence-corrected chi connectivity index (χ1v) is 8.01. The lowest BCUT2D eigenvalue weighted by atomic mass is 9.93. The van der Waals surface area contributed by atoms with E-state index in [1.54, 1.807) is 0 Å². The molecule has 114 valence electrons. The largest absolute Gasteiger partial charge is 0.465 e. The number of urea groups is 1. The van der Waals surface area contributed by atoms with Crippen LogP contribution in [0.5, 0.6) is 0 Å². The number of fused-ring (bicyclic) bond motifs is 1. The first kappa shape index (κ1) is 14.3. The molecule has 2 aliphatic rings. The Labute approximate surface area is 127 Å². The van der Waals surface area contributed by atoms with E-state index in [0.29, 0.717) is 10.6 Å². The van der Waals surface area contributed by atoms with E-state index in [1.807, 2.05) is 0 Å². The number of methoxy groups -OCH3 is 1. The second-order valence-electron chi connectivity index (χ2n) is 5.35. The van der Waals surface area contributed by atoms with Crippen LogP contribution in [0.25, 0.3) is 0 Å². The van der Waals surface area contributed by atoms with Gasteiger partial charge in [0.1, 0.15) is 5.00 Å². The lowest BCUT2D eigenvalue weighted by Crippen LogP contribution is -2.41. The first-order valence-electron chi connectivity index (χ1n) is 7.20. The van der Waals surface area contributed by atoms with Crippen molar-refractivity contribution in [1.29, 1.82) is 0 Å². The van der Waals surface area contributed by atoms with Crippen molar-refractivity contribution >= 4 is 28.3 Å². The fourth-order valence-electron chi connectivity index (χ4n) is 2.62. The summed E-state index contributed by atoms with van der Waals surface area (Å²) in [5.74, 6) is -0.381. The summed E-state index contributed by atoms with van der Waals surface area (Å²) < 4.78 is 4.87. The van der Waals surface area contributed by atoms with Crippen molar-refractivity contribution in [3.8, 4) is 0 Å². The van der Waals surface area contributed by atoms with Crippen molar-refractivity contribution in [2.45, 2.75) is 38.3 Å². The minimum Gasteiger partial charge on any atom is -0.465 e. The smallest absolute Gasteiger partial charge is 0.341 e. The molecule has 0 spiro atoms. The molecular weight excluding hydrogens is 290 g/mol. The first-order chi connectivity index (χ1) is 10.2. The average molecular weight is 309 g/mol. The molecule has 0 bridgehead atoms. The predicted octanol–water partition coefficient (Wildman–Crippen LogP) is 1.85. The van der Waals surface area contributed by atoms with Gasteiger partial charge in [0, 0.05) is 17.5 Å². The second kappa shape index (κ2) is 6.03. The van der Waals surface area contributed by atoms with E-state index in [1.165, 1.54) is 18.4 Å². The predicted molar refractivity (Wildman–Crippen MR) is 80.9 cm³/mol. The molecule has 0 atom stereocenters. The highest BCUT2D eigenvalue weighted by Crippen LogP contribution is 2.35. The van der Waals surface area contributed by atoms with Gasteiger partial charge in [0.05, 0.1) is 12.7 Å². The van der Waals surface area contributed by atoms with Gasteiger partial charge in [-0.3, -0.25) is 5.32 Å². The number of thiophene rings is 1. The second-order valence-corrected chi connectivity index (χ2v) is 6.46. The molecule has 1 aliphatic carbocycles. The van der Waals surface area contributed by atoms with Crippen LogP contribution in [0.2, 0.25) is 0 Å². The van der Waals surface area contributed by atoms with Crippen LogP contribution in [0.3, 0.4) is 0 Å². The summed E-state index contributed by atoms with van der Waals surface area (Å²) in [7, 11) is 1.37. The van der Waals surface area contributed by atoms with Crippen LogP contribution in [-0.4, -0.2) is 31.7 Å². The Balaban J connectivity index is 1.81. The van der Waals surface area contributed by atoms with E-state index in [9.17, 15) is 9.59 Å². The number of rotatable bonds is 3. The number of ether oxygens (including phenoxy) is 1. The van der Waals surface area contributed by atoms with Crippen molar-refractivity contribution in [2.24, 2.45) is 0 Å². The molecule has 0 unspecified atom stereocenters. The van der Waals surface area contributed by atoms with E-state index in [4.69, 9.17) is 4.74 Å². The average Bonchev–Trinajstić information content (AvgIpc) is 2.80. The van der Waals surface area contributed by atoms with E-state index >= 15 is 0 Å². The van der Waals surface area contributed by atoms with Gasteiger partial charge in [-0.15, -0.1) is 11.3 Å². The van der Waals surface area contributed by atoms with Gasteiger partial charge in [-0.1, -0.05) is 0 Å². The third kappa shape index (κ3) is 2.89. The Morgan fingerprint density at radius 2 is 2.19 bits per heavy atom. The summed E-state index contributed by atoms with van der Waals surface area (Å²) in [6.45, 7) is 1.57. The van der Waals surface area contributed by atoms with Gasteiger partial charge < -0.3 is 15.4 Å². The van der Waals surface area contributed by atoms with Gasteiger partial charge >= 0.3 is 12.0 Å². The number of carbonyl (C=O) groups excluding carboxylic acids is 2. The maximum atomic E-state index is 12.0. The molecule has 1 aromatic rings. The van der Waals surface area contributed by atoms with Crippen molar-refractivity contribution in [3.05, 3.63) is 16.0 Å². The van der Waals surface area contributed by atoms with Crippen LogP contribution >= 0.6 is 11.3 Å². The van der Waals surface area contributed by atoms with Crippen molar-refractivity contribution in [2.75, 3.05) is 19.0 Å². The molecule has 21 heavy (non-hydrogen) atoms. The lowest BCUT2D eigenvalue weighted by Gasteiger charge is -2.26. The van der Waals surface area contributed by atoms with Gasteiger partial charge in [-0.2, -0.15) is 0 Å². The molecule has 3 rings (SSSR count). The Morgan fingerprint density at radius 3 is 2.86 bits per heavy atom. The number of nitrogens with one attached hydrogen (secondary N) is 3. The minimum atomic E-state index is -0.381. The van der Waals surface area contributed by atoms with Gasteiger partial charge in [-0.05, 0) is 37.8 Å². The molecule has 7 heteroatoms. The molecule has 0 radical (unpaired) electrons. The van der Waals surface area contributed by atoms with Crippen molar-refractivity contribution in [3.63, 3.8) is 0 Å². The number of amides is 2. The number of esters is 1. The zero-order valence-corrected chi connectivity index (χ0v) is 12.8. The summed E-state index contributed by atoms with van der Waals surface area (Å²) in [5, 5.41) is 9.60. The molecule has 2 amide bonds. The Hall–Kier alpha value is -1.60. The number of hydrogen-bond acceptors (Lipinski definition) is 5. The minimum absolute atomic E-state index is 0.239. The molecule has 3 N–H and O–H groups in total. The van der Waals surface area contributed by atoms with Crippen LogP contribution in [0.4, 0.5) is 9.80 Å². The Kier molecular flexibility index (Phi) is 4.12. The normalized spacial score (nSPS) is 17.6. The van der Waals surface area contributed by atoms with Gasteiger partial charge in [-0.25, -0.2) is 9.59 Å². The molecular formula is C14H19N3O3S. The fraction of sp³-hybridized carbons (Fsp3) is 0.571.